The Morgan fingerprint density at radius 2 is 2.12 bits per heavy atom. The van der Waals surface area contributed by atoms with Gasteiger partial charge in [0.2, 0.25) is 0 Å². The fraction of sp³-hybridized carbons (Fsp3) is 0.818. The minimum atomic E-state index is -3.74. The standard InChI is InChI=1S/C11H15NO4S/c1-2-8-5-11(8,9(13)14)17(15,16)7-10(6-12)3-4-10/h8H,2-5,7H2,1H3,(H,13,14). The Bertz CT molecular complexity index is 500. The summed E-state index contributed by atoms with van der Waals surface area (Å²) < 4.78 is 22.8. The average Bonchev–Trinajstić information content (AvgIpc) is 3.11. The van der Waals surface area contributed by atoms with Gasteiger partial charge in [-0.15, -0.1) is 0 Å². The molecule has 0 amide bonds. The maximum absolute atomic E-state index is 12.2. The third-order valence-corrected chi connectivity index (χ3v) is 6.73. The van der Waals surface area contributed by atoms with Crippen LogP contribution >= 0.6 is 0 Å². The maximum Gasteiger partial charge on any atom is 0.325 e. The second-order valence-electron chi connectivity index (χ2n) is 5.16. The molecule has 5 nitrogen and oxygen atoms in total. The minimum Gasteiger partial charge on any atom is -0.480 e. The Morgan fingerprint density at radius 3 is 2.41 bits per heavy atom. The normalized spacial score (nSPS) is 33.8. The van der Waals surface area contributed by atoms with Crippen LogP contribution in [0.5, 0.6) is 0 Å². The van der Waals surface area contributed by atoms with Crippen LogP contribution in [0.4, 0.5) is 0 Å². The van der Waals surface area contributed by atoms with E-state index >= 15 is 0 Å². The van der Waals surface area contributed by atoms with E-state index in [9.17, 15) is 13.2 Å². The number of rotatable bonds is 5. The van der Waals surface area contributed by atoms with Gasteiger partial charge in [-0.3, -0.25) is 4.79 Å². The second kappa shape index (κ2) is 3.45. The summed E-state index contributed by atoms with van der Waals surface area (Å²) in [6.07, 6.45) is 1.87. The molecule has 2 aliphatic carbocycles. The number of carboxylic acid groups (broad SMARTS) is 1. The van der Waals surface area contributed by atoms with Crippen LogP contribution < -0.4 is 0 Å². The third kappa shape index (κ3) is 1.64. The molecule has 94 valence electrons. The van der Waals surface area contributed by atoms with Crippen molar-refractivity contribution in [2.24, 2.45) is 11.3 Å². The van der Waals surface area contributed by atoms with Crippen LogP contribution in [0.1, 0.15) is 32.6 Å². The number of hydrogen-bond acceptors (Lipinski definition) is 4. The molecular weight excluding hydrogens is 242 g/mol. The van der Waals surface area contributed by atoms with Gasteiger partial charge in [0, 0.05) is 0 Å². The zero-order valence-electron chi connectivity index (χ0n) is 9.64. The molecular formula is C11H15NO4S. The Balaban J connectivity index is 2.27. The van der Waals surface area contributed by atoms with Crippen molar-refractivity contribution in [3.05, 3.63) is 0 Å². The molecule has 0 bridgehead atoms. The van der Waals surface area contributed by atoms with Gasteiger partial charge in [-0.1, -0.05) is 13.3 Å². The van der Waals surface area contributed by atoms with Gasteiger partial charge >= 0.3 is 5.97 Å². The lowest BCUT2D eigenvalue weighted by Crippen LogP contribution is -2.38. The first-order valence-electron chi connectivity index (χ1n) is 5.70. The van der Waals surface area contributed by atoms with E-state index in [2.05, 4.69) is 0 Å². The van der Waals surface area contributed by atoms with Crippen molar-refractivity contribution in [1.29, 1.82) is 5.26 Å². The van der Waals surface area contributed by atoms with Gasteiger partial charge < -0.3 is 5.11 Å². The lowest BCUT2D eigenvalue weighted by Gasteiger charge is -2.15. The highest BCUT2D eigenvalue weighted by Gasteiger charge is 2.70. The molecule has 2 aliphatic rings. The van der Waals surface area contributed by atoms with Gasteiger partial charge in [-0.05, 0) is 25.2 Å². The van der Waals surface area contributed by atoms with Crippen molar-refractivity contribution in [3.63, 3.8) is 0 Å². The van der Waals surface area contributed by atoms with E-state index in [1.165, 1.54) is 0 Å². The molecule has 0 aromatic rings. The molecule has 17 heavy (non-hydrogen) atoms. The number of carbonyl (C=O) groups is 1. The molecule has 0 aromatic heterocycles. The summed E-state index contributed by atoms with van der Waals surface area (Å²) in [6, 6.07) is 2.01. The van der Waals surface area contributed by atoms with Gasteiger partial charge in [0.15, 0.2) is 14.6 Å². The molecule has 0 heterocycles. The first kappa shape index (κ1) is 12.4. The number of nitrogens with zero attached hydrogens (tertiary/aromatic N) is 1. The highest BCUT2D eigenvalue weighted by molar-refractivity contribution is 7.94. The highest BCUT2D eigenvalue weighted by atomic mass is 32.2. The molecule has 0 aliphatic heterocycles. The van der Waals surface area contributed by atoms with Crippen LogP contribution in [0.15, 0.2) is 0 Å². The van der Waals surface area contributed by atoms with E-state index in [0.717, 1.165) is 0 Å². The molecule has 2 saturated carbocycles. The Labute approximate surface area is 100 Å². The fourth-order valence-corrected chi connectivity index (χ4v) is 5.22. The molecule has 0 saturated heterocycles. The van der Waals surface area contributed by atoms with Gasteiger partial charge in [0.25, 0.3) is 0 Å². The SMILES string of the molecule is CCC1CC1(C(=O)O)S(=O)(=O)CC1(C#N)CC1. The zero-order valence-corrected chi connectivity index (χ0v) is 10.5. The smallest absolute Gasteiger partial charge is 0.325 e. The summed E-state index contributed by atoms with van der Waals surface area (Å²) in [6.45, 7) is 1.79. The van der Waals surface area contributed by atoms with Crippen molar-refractivity contribution in [1.82, 2.24) is 0 Å². The highest BCUT2D eigenvalue weighted by Crippen LogP contribution is 2.56. The summed E-state index contributed by atoms with van der Waals surface area (Å²) in [5, 5.41) is 18.1. The van der Waals surface area contributed by atoms with Gasteiger partial charge in [-0.2, -0.15) is 5.26 Å². The fourth-order valence-electron chi connectivity index (χ4n) is 2.49. The van der Waals surface area contributed by atoms with Crippen LogP contribution in [-0.4, -0.2) is 30.0 Å². The summed E-state index contributed by atoms with van der Waals surface area (Å²) in [7, 11) is -3.74. The lowest BCUT2D eigenvalue weighted by molar-refractivity contribution is -0.137. The molecule has 2 unspecified atom stereocenters. The Morgan fingerprint density at radius 1 is 1.53 bits per heavy atom. The van der Waals surface area contributed by atoms with Crippen molar-refractivity contribution >= 4 is 15.8 Å². The zero-order chi connectivity index (χ0) is 12.9. The largest absolute Gasteiger partial charge is 0.480 e. The molecule has 2 rings (SSSR count). The summed E-state index contributed by atoms with van der Waals surface area (Å²) >= 11 is 0. The van der Waals surface area contributed by atoms with E-state index in [1.54, 1.807) is 6.92 Å². The molecule has 6 heteroatoms. The first-order valence-corrected chi connectivity index (χ1v) is 7.36. The van der Waals surface area contributed by atoms with Crippen molar-refractivity contribution in [3.8, 4) is 6.07 Å². The van der Waals surface area contributed by atoms with Crippen molar-refractivity contribution in [2.75, 3.05) is 5.75 Å². The molecule has 1 N–H and O–H groups in total. The van der Waals surface area contributed by atoms with Gasteiger partial charge in [0.05, 0.1) is 17.2 Å². The molecule has 2 atom stereocenters. The Hall–Kier alpha value is -1.09. The van der Waals surface area contributed by atoms with E-state index in [-0.39, 0.29) is 18.1 Å². The van der Waals surface area contributed by atoms with E-state index in [0.29, 0.717) is 19.3 Å². The number of sulfone groups is 1. The van der Waals surface area contributed by atoms with Crippen molar-refractivity contribution in [2.45, 2.75) is 37.4 Å². The third-order valence-electron chi connectivity index (χ3n) is 4.02. The molecule has 0 aromatic carbocycles. The number of hydrogen-bond donors (Lipinski definition) is 1. The molecule has 0 spiro atoms. The van der Waals surface area contributed by atoms with Crippen LogP contribution in [0.25, 0.3) is 0 Å². The lowest BCUT2D eigenvalue weighted by atomic mass is 10.2. The predicted octanol–water partition coefficient (Wildman–Crippen LogP) is 0.958. The quantitative estimate of drug-likeness (QED) is 0.791. The predicted molar refractivity (Wildman–Crippen MR) is 59.8 cm³/mol. The van der Waals surface area contributed by atoms with Crippen LogP contribution in [-0.2, 0) is 14.6 Å². The van der Waals surface area contributed by atoms with Crippen LogP contribution in [0, 0.1) is 22.7 Å². The van der Waals surface area contributed by atoms with E-state index < -0.39 is 26.0 Å². The minimum absolute atomic E-state index is 0.197. The van der Waals surface area contributed by atoms with Gasteiger partial charge in [-0.25, -0.2) is 8.42 Å². The number of nitriles is 1. The van der Waals surface area contributed by atoms with Crippen LogP contribution in [0.2, 0.25) is 0 Å². The topological polar surface area (TPSA) is 95.2 Å². The summed E-state index contributed by atoms with van der Waals surface area (Å²) in [5.41, 5.74) is -0.803. The summed E-state index contributed by atoms with van der Waals surface area (Å²) in [5.74, 6) is -1.84. The van der Waals surface area contributed by atoms with Crippen LogP contribution in [0.3, 0.4) is 0 Å². The monoisotopic (exact) mass is 257 g/mol. The van der Waals surface area contributed by atoms with E-state index in [1.807, 2.05) is 6.07 Å². The number of aliphatic carboxylic acids is 1. The average molecular weight is 257 g/mol. The summed E-state index contributed by atoms with van der Waals surface area (Å²) in [4.78, 5) is 11.2. The molecule has 0 radical (unpaired) electrons. The molecule has 2 fully saturated rings. The van der Waals surface area contributed by atoms with Crippen molar-refractivity contribution < 1.29 is 18.3 Å². The maximum atomic E-state index is 12.2. The number of carboxylic acids is 1. The second-order valence-corrected chi connectivity index (χ2v) is 7.40. The van der Waals surface area contributed by atoms with E-state index in [4.69, 9.17) is 10.4 Å². The van der Waals surface area contributed by atoms with Gasteiger partial charge in [0.1, 0.15) is 0 Å². The first-order chi connectivity index (χ1) is 7.83. The Kier molecular flexibility index (Phi) is 2.51.